The number of oxime groups is 1. The molecule has 0 aliphatic carbocycles. The minimum atomic E-state index is -4.79. The molecule has 1 amide bonds. The Morgan fingerprint density at radius 1 is 1.21 bits per heavy atom. The van der Waals surface area contributed by atoms with Crippen LogP contribution in [0.3, 0.4) is 0 Å². The van der Waals surface area contributed by atoms with Crippen LogP contribution >= 0.6 is 39.1 Å². The van der Waals surface area contributed by atoms with Gasteiger partial charge in [-0.1, -0.05) is 34.4 Å². The lowest BCUT2D eigenvalue weighted by atomic mass is 9.86. The molecule has 1 aromatic heterocycles. The summed E-state index contributed by atoms with van der Waals surface area (Å²) >= 11 is 15.1. The van der Waals surface area contributed by atoms with E-state index in [9.17, 15) is 18.0 Å². The summed E-state index contributed by atoms with van der Waals surface area (Å²) in [6.45, 7) is 1.68. The van der Waals surface area contributed by atoms with E-state index in [2.05, 4.69) is 31.5 Å². The van der Waals surface area contributed by atoms with Crippen LogP contribution in [0.2, 0.25) is 10.0 Å². The molecule has 0 bridgehead atoms. The number of nitrogens with one attached hydrogen (secondary N) is 1. The molecule has 1 atom stereocenters. The van der Waals surface area contributed by atoms with Crippen molar-refractivity contribution in [1.29, 1.82) is 0 Å². The van der Waals surface area contributed by atoms with Gasteiger partial charge in [0.1, 0.15) is 0 Å². The summed E-state index contributed by atoms with van der Waals surface area (Å²) in [6.07, 6.45) is -3.74. The number of benzene rings is 2. The van der Waals surface area contributed by atoms with E-state index in [1.54, 1.807) is 26.2 Å². The predicted molar refractivity (Wildman–Crippen MR) is 126 cm³/mol. The van der Waals surface area contributed by atoms with Crippen molar-refractivity contribution in [3.8, 4) is 0 Å². The molecule has 0 saturated carbocycles. The Morgan fingerprint density at radius 3 is 2.44 bits per heavy atom. The number of aromatic nitrogens is 2. The Morgan fingerprint density at radius 2 is 1.88 bits per heavy atom. The van der Waals surface area contributed by atoms with Crippen LogP contribution in [0.25, 0.3) is 0 Å². The monoisotopic (exact) mass is 574 g/mol. The predicted octanol–water partition coefficient (Wildman–Crippen LogP) is 6.63. The molecule has 0 saturated heterocycles. The van der Waals surface area contributed by atoms with Gasteiger partial charge in [0.25, 0.3) is 11.5 Å². The molecule has 3 aromatic rings. The van der Waals surface area contributed by atoms with Crippen molar-refractivity contribution in [3.05, 3.63) is 79.5 Å². The molecule has 34 heavy (non-hydrogen) atoms. The largest absolute Gasteiger partial charge is 0.435 e. The molecule has 0 radical (unpaired) electrons. The number of rotatable bonds is 4. The molecule has 6 nitrogen and oxygen atoms in total. The minimum Gasteiger partial charge on any atom is -0.374 e. The molecule has 0 fully saturated rings. The number of hydrogen-bond donors (Lipinski definition) is 1. The second kappa shape index (κ2) is 8.90. The molecule has 0 spiro atoms. The number of nitrogens with zero attached hydrogens (tertiary/aromatic N) is 3. The van der Waals surface area contributed by atoms with Crippen LogP contribution in [0.5, 0.6) is 0 Å². The van der Waals surface area contributed by atoms with Gasteiger partial charge < -0.3 is 10.2 Å². The third-order valence-electron chi connectivity index (χ3n) is 5.35. The highest BCUT2D eigenvalue weighted by molar-refractivity contribution is 9.10. The Hall–Kier alpha value is -2.56. The fraction of sp³-hybridized carbons (Fsp3) is 0.227. The van der Waals surface area contributed by atoms with Gasteiger partial charge in [0.05, 0.1) is 11.4 Å². The van der Waals surface area contributed by atoms with E-state index in [1.807, 2.05) is 0 Å². The van der Waals surface area contributed by atoms with Crippen molar-refractivity contribution < 1.29 is 22.8 Å². The van der Waals surface area contributed by atoms with Gasteiger partial charge in [0, 0.05) is 40.8 Å². The molecule has 1 N–H and O–H groups in total. The van der Waals surface area contributed by atoms with Gasteiger partial charge in [-0.3, -0.25) is 9.48 Å². The summed E-state index contributed by atoms with van der Waals surface area (Å²) in [5.41, 5.74) is -1.11. The topological polar surface area (TPSA) is 68.5 Å². The lowest BCUT2D eigenvalue weighted by Crippen LogP contribution is -2.42. The van der Waals surface area contributed by atoms with E-state index in [0.717, 1.165) is 12.1 Å². The van der Waals surface area contributed by atoms with Gasteiger partial charge in [0.2, 0.25) is 0 Å². The summed E-state index contributed by atoms with van der Waals surface area (Å²) in [5, 5.41) is 10.7. The van der Waals surface area contributed by atoms with Gasteiger partial charge in [-0.15, -0.1) is 0 Å². The number of anilines is 1. The van der Waals surface area contributed by atoms with Gasteiger partial charge in [-0.25, -0.2) is 0 Å². The number of halogens is 6. The van der Waals surface area contributed by atoms with Gasteiger partial charge in [-0.2, -0.15) is 18.3 Å². The molecule has 178 valence electrons. The maximum absolute atomic E-state index is 14.2. The highest BCUT2D eigenvalue weighted by Crippen LogP contribution is 2.49. The highest BCUT2D eigenvalue weighted by Gasteiger charge is 2.62. The van der Waals surface area contributed by atoms with Crippen molar-refractivity contribution in [3.63, 3.8) is 0 Å². The number of carbonyl (C=O) groups excluding carboxylic acids is 1. The Balaban J connectivity index is 1.61. The fourth-order valence-corrected chi connectivity index (χ4v) is 4.66. The highest BCUT2D eigenvalue weighted by atomic mass is 79.9. The third-order valence-corrected chi connectivity index (χ3v) is 6.37. The second-order valence-electron chi connectivity index (χ2n) is 7.78. The van der Waals surface area contributed by atoms with Crippen molar-refractivity contribution in [1.82, 2.24) is 9.78 Å². The number of carbonyl (C=O) groups is 1. The lowest BCUT2D eigenvalue weighted by molar-refractivity contribution is -0.275. The van der Waals surface area contributed by atoms with E-state index >= 15 is 0 Å². The van der Waals surface area contributed by atoms with Crippen LogP contribution in [0, 0.1) is 6.92 Å². The standard InChI is InChI=1S/C22H16BrCl2F3N4O2/c1-11-5-12(3-4-16(11)20(33)29-18-10-32(2)30-19(18)23)17-9-21(34-31-17,22(26,27)28)13-6-14(24)8-15(25)7-13/h3-8,10H,9H2,1-2H3,(H,29,33). The quantitative estimate of drug-likeness (QED) is 0.379. The first-order chi connectivity index (χ1) is 15.9. The average molecular weight is 576 g/mol. The molecule has 4 rings (SSSR count). The van der Waals surface area contributed by atoms with Crippen molar-refractivity contribution in [2.75, 3.05) is 5.32 Å². The van der Waals surface area contributed by atoms with E-state index in [4.69, 9.17) is 28.0 Å². The minimum absolute atomic E-state index is 0.0506. The zero-order chi connectivity index (χ0) is 24.8. The van der Waals surface area contributed by atoms with Crippen molar-refractivity contribution in [2.24, 2.45) is 12.2 Å². The second-order valence-corrected chi connectivity index (χ2v) is 9.40. The molecule has 12 heteroatoms. The first-order valence-electron chi connectivity index (χ1n) is 9.79. The first-order valence-corrected chi connectivity index (χ1v) is 11.3. The summed E-state index contributed by atoms with van der Waals surface area (Å²) in [5.74, 6) is -0.388. The number of amides is 1. The van der Waals surface area contributed by atoms with Crippen LogP contribution in [0.4, 0.5) is 18.9 Å². The zero-order valence-corrected chi connectivity index (χ0v) is 20.8. The summed E-state index contributed by atoms with van der Waals surface area (Å²) in [4.78, 5) is 17.7. The maximum atomic E-state index is 14.2. The molecular weight excluding hydrogens is 560 g/mol. The zero-order valence-electron chi connectivity index (χ0n) is 17.7. The summed E-state index contributed by atoms with van der Waals surface area (Å²) in [7, 11) is 1.71. The van der Waals surface area contributed by atoms with Crippen LogP contribution in [0.15, 0.2) is 52.4 Å². The Kier molecular flexibility index (Phi) is 6.43. The van der Waals surface area contributed by atoms with Gasteiger partial charge in [-0.05, 0) is 64.3 Å². The molecule has 2 heterocycles. The lowest BCUT2D eigenvalue weighted by Gasteiger charge is -2.29. The third kappa shape index (κ3) is 4.54. The summed E-state index contributed by atoms with van der Waals surface area (Å²) < 4.78 is 44.6. The van der Waals surface area contributed by atoms with E-state index < -0.39 is 18.2 Å². The van der Waals surface area contributed by atoms with E-state index in [1.165, 1.54) is 22.9 Å². The molecule has 1 aliphatic rings. The van der Waals surface area contributed by atoms with Crippen LogP contribution in [-0.2, 0) is 17.5 Å². The van der Waals surface area contributed by atoms with Crippen LogP contribution in [-0.4, -0.2) is 27.6 Å². The van der Waals surface area contributed by atoms with Crippen molar-refractivity contribution in [2.45, 2.75) is 25.1 Å². The van der Waals surface area contributed by atoms with E-state index in [0.29, 0.717) is 27.0 Å². The number of hydrogen-bond acceptors (Lipinski definition) is 4. The van der Waals surface area contributed by atoms with Gasteiger partial charge in [0.15, 0.2) is 4.60 Å². The molecule has 1 unspecified atom stereocenters. The van der Waals surface area contributed by atoms with Crippen molar-refractivity contribution >= 4 is 56.4 Å². The van der Waals surface area contributed by atoms with Gasteiger partial charge >= 0.3 is 6.18 Å². The SMILES string of the molecule is Cc1cc(C2=NOC(c3cc(Cl)cc(Cl)c3)(C(F)(F)F)C2)ccc1C(=O)Nc1cn(C)nc1Br. The smallest absolute Gasteiger partial charge is 0.374 e. The van der Waals surface area contributed by atoms with Crippen LogP contribution < -0.4 is 5.32 Å². The van der Waals surface area contributed by atoms with E-state index in [-0.39, 0.29) is 27.2 Å². The fourth-order valence-electron chi connectivity index (χ4n) is 3.68. The molecular formula is C22H16BrCl2F3N4O2. The summed E-state index contributed by atoms with van der Waals surface area (Å²) in [6, 6.07) is 8.30. The Bertz CT molecular complexity index is 1310. The van der Waals surface area contributed by atoms with Crippen LogP contribution in [0.1, 0.15) is 33.5 Å². The maximum Gasteiger partial charge on any atom is 0.435 e. The molecule has 2 aromatic carbocycles. The normalized spacial score (nSPS) is 17.9. The molecule has 1 aliphatic heterocycles. The number of aryl methyl sites for hydroxylation is 2. The average Bonchev–Trinajstić information content (AvgIpc) is 3.31. The number of alkyl halides is 3. The Labute approximate surface area is 210 Å². The first kappa shape index (κ1) is 24.6.